The number of aromatic carboxylic acids is 1. The van der Waals surface area contributed by atoms with E-state index in [0.717, 1.165) is 49.9 Å². The van der Waals surface area contributed by atoms with E-state index in [1.807, 2.05) is 33.1 Å². The fourth-order valence-corrected chi connectivity index (χ4v) is 3.83. The molecule has 0 aliphatic rings. The van der Waals surface area contributed by atoms with E-state index in [9.17, 15) is 9.90 Å². The van der Waals surface area contributed by atoms with Gasteiger partial charge in [-0.3, -0.25) is 0 Å². The molecule has 6 nitrogen and oxygen atoms in total. The topological polar surface area (TPSA) is 88.0 Å². The molecule has 2 unspecified atom stereocenters. The van der Waals surface area contributed by atoms with Gasteiger partial charge in [-0.05, 0) is 82.3 Å². The van der Waals surface area contributed by atoms with Crippen LogP contribution in [0.15, 0.2) is 54.6 Å². The minimum atomic E-state index is -0.875. The second-order valence-electron chi connectivity index (χ2n) is 8.83. The zero-order chi connectivity index (χ0) is 26.2. The number of benzene rings is 2. The fraction of sp³-hybridized carbons (Fsp3) is 0.483. The first-order valence-electron chi connectivity index (χ1n) is 12.3. The first-order valence-corrected chi connectivity index (χ1v) is 12.3. The Morgan fingerprint density at radius 3 is 2.37 bits per heavy atom. The molecule has 0 spiro atoms. The number of carboxylic acid groups (broad SMARTS) is 1. The van der Waals surface area contributed by atoms with E-state index in [1.54, 1.807) is 30.3 Å². The molecule has 0 saturated heterocycles. The molecule has 0 aliphatic heterocycles. The molecule has 0 aromatic heterocycles. The summed E-state index contributed by atoms with van der Waals surface area (Å²) in [5.41, 5.74) is 3.75. The van der Waals surface area contributed by atoms with E-state index in [-0.39, 0.29) is 5.75 Å². The Labute approximate surface area is 211 Å². The van der Waals surface area contributed by atoms with Gasteiger partial charge in [0.2, 0.25) is 0 Å². The van der Waals surface area contributed by atoms with Crippen molar-refractivity contribution in [2.24, 2.45) is 5.92 Å². The van der Waals surface area contributed by atoms with E-state index in [2.05, 4.69) is 25.7 Å². The van der Waals surface area contributed by atoms with Gasteiger partial charge in [-0.2, -0.15) is 0 Å². The van der Waals surface area contributed by atoms with Crippen molar-refractivity contribution in [1.82, 2.24) is 5.32 Å². The van der Waals surface area contributed by atoms with Crippen LogP contribution >= 0.6 is 0 Å². The molecule has 6 heteroatoms. The van der Waals surface area contributed by atoms with Crippen LogP contribution in [0.1, 0.15) is 67.9 Å². The number of phenols is 1. The highest BCUT2D eigenvalue weighted by molar-refractivity contribution is 5.87. The van der Waals surface area contributed by atoms with Crippen LogP contribution < -0.4 is 10.1 Å². The van der Waals surface area contributed by atoms with Gasteiger partial charge in [0.05, 0.1) is 18.3 Å². The summed E-state index contributed by atoms with van der Waals surface area (Å²) in [6.07, 6.45) is 4.57. The average molecular weight is 486 g/mol. The van der Waals surface area contributed by atoms with Gasteiger partial charge in [0.15, 0.2) is 11.5 Å². The molecule has 0 radical (unpaired) electrons. The van der Waals surface area contributed by atoms with Crippen molar-refractivity contribution in [3.63, 3.8) is 0 Å². The summed E-state index contributed by atoms with van der Waals surface area (Å²) >= 11 is 0. The second-order valence-corrected chi connectivity index (χ2v) is 8.83. The summed E-state index contributed by atoms with van der Waals surface area (Å²) in [6.45, 7) is 14.4. The highest BCUT2D eigenvalue weighted by atomic mass is 16.5. The van der Waals surface area contributed by atoms with Gasteiger partial charge in [-0.1, -0.05) is 42.7 Å². The number of hydrogen-bond acceptors (Lipinski definition) is 5. The number of ether oxygens (including phenoxy) is 2. The lowest BCUT2D eigenvalue weighted by molar-refractivity contribution is 0.0422. The second kappa shape index (κ2) is 16.7. The third kappa shape index (κ3) is 11.9. The van der Waals surface area contributed by atoms with Crippen LogP contribution in [-0.2, 0) is 11.3 Å². The van der Waals surface area contributed by atoms with Crippen molar-refractivity contribution >= 4 is 5.97 Å². The molecule has 35 heavy (non-hydrogen) atoms. The van der Waals surface area contributed by atoms with Gasteiger partial charge in [0, 0.05) is 13.7 Å². The average Bonchev–Trinajstić information content (AvgIpc) is 2.83. The maximum Gasteiger partial charge on any atom is 0.335 e. The molecular formula is C29H43NO5. The number of hydrogen-bond donors (Lipinski definition) is 3. The molecule has 2 atom stereocenters. The molecule has 2 rings (SSSR count). The monoisotopic (exact) mass is 485 g/mol. The Hall–Kier alpha value is -2.83. The molecule has 2 aromatic carbocycles. The maximum atomic E-state index is 10.3. The van der Waals surface area contributed by atoms with Crippen molar-refractivity contribution < 1.29 is 24.5 Å². The molecule has 0 heterocycles. The van der Waals surface area contributed by atoms with Gasteiger partial charge in [-0.25, -0.2) is 4.79 Å². The third-order valence-electron chi connectivity index (χ3n) is 5.76. The van der Waals surface area contributed by atoms with Gasteiger partial charge < -0.3 is 25.0 Å². The minimum Gasteiger partial charge on any atom is -0.504 e. The van der Waals surface area contributed by atoms with Crippen LogP contribution in [0.4, 0.5) is 0 Å². The number of aromatic hydroxyl groups is 1. The standard InChI is InChI=1S/C21H35NO3.C8H8O2/c1-6-18(13-16(3)4)20(24-5)9-8-12-22-15-17-10-11-19(23)21(14-17)25-7-2;1-6-2-4-7(5-3-6)8(9)10/h10-11,14,18,20,22-23H,3,6-9,12-13,15H2,1-2,4-5H3;2-5H,1H3,(H,9,10). The van der Waals surface area contributed by atoms with E-state index in [1.165, 1.54) is 5.57 Å². The summed E-state index contributed by atoms with van der Waals surface area (Å²) in [6, 6.07) is 12.3. The van der Waals surface area contributed by atoms with Crippen LogP contribution in [0.3, 0.4) is 0 Å². The Bertz CT molecular complexity index is 894. The molecule has 0 aliphatic carbocycles. The number of methoxy groups -OCH3 is 1. The normalized spacial score (nSPS) is 12.3. The number of rotatable bonds is 14. The quantitative estimate of drug-likeness (QED) is 0.213. The fourth-order valence-electron chi connectivity index (χ4n) is 3.83. The van der Waals surface area contributed by atoms with Crippen molar-refractivity contribution in [3.8, 4) is 11.5 Å². The summed E-state index contributed by atoms with van der Waals surface area (Å²) < 4.78 is 11.1. The first-order chi connectivity index (χ1) is 16.7. The molecule has 0 amide bonds. The number of nitrogens with one attached hydrogen (secondary N) is 1. The highest BCUT2D eigenvalue weighted by Gasteiger charge is 2.19. The molecule has 0 fully saturated rings. The summed E-state index contributed by atoms with van der Waals surface area (Å²) in [7, 11) is 1.81. The number of allylic oxidation sites excluding steroid dienone is 1. The van der Waals surface area contributed by atoms with Crippen molar-refractivity contribution in [3.05, 3.63) is 71.3 Å². The Balaban J connectivity index is 0.000000507. The molecule has 0 bridgehead atoms. The maximum absolute atomic E-state index is 10.3. The Morgan fingerprint density at radius 2 is 1.83 bits per heavy atom. The lowest BCUT2D eigenvalue weighted by atomic mass is 9.90. The van der Waals surface area contributed by atoms with Gasteiger partial charge in [0.25, 0.3) is 0 Å². The molecule has 2 aromatic rings. The van der Waals surface area contributed by atoms with Gasteiger partial charge >= 0.3 is 5.97 Å². The van der Waals surface area contributed by atoms with E-state index in [0.29, 0.717) is 29.9 Å². The molecular weight excluding hydrogens is 442 g/mol. The summed E-state index contributed by atoms with van der Waals surface area (Å²) in [5, 5.41) is 21.7. The van der Waals surface area contributed by atoms with Crippen LogP contribution in [-0.4, -0.2) is 42.5 Å². The van der Waals surface area contributed by atoms with Gasteiger partial charge in [0.1, 0.15) is 0 Å². The molecule has 194 valence electrons. The molecule has 3 N–H and O–H groups in total. The van der Waals surface area contributed by atoms with Crippen LogP contribution in [0.2, 0.25) is 0 Å². The smallest absolute Gasteiger partial charge is 0.335 e. The van der Waals surface area contributed by atoms with E-state index in [4.69, 9.17) is 14.6 Å². The van der Waals surface area contributed by atoms with Crippen LogP contribution in [0, 0.1) is 12.8 Å². The summed E-state index contributed by atoms with van der Waals surface area (Å²) in [5.74, 6) is 0.414. The zero-order valence-corrected chi connectivity index (χ0v) is 22.0. The number of carbonyl (C=O) groups is 1. The van der Waals surface area contributed by atoms with Crippen LogP contribution in [0.5, 0.6) is 11.5 Å². The minimum absolute atomic E-state index is 0.191. The Kier molecular flexibility index (Phi) is 14.4. The zero-order valence-electron chi connectivity index (χ0n) is 22.0. The SMILES string of the molecule is C=C(C)CC(CC)C(CCCNCc1ccc(O)c(OCC)c1)OC.Cc1ccc(C(=O)O)cc1. The number of carboxylic acids is 1. The lowest BCUT2D eigenvalue weighted by Gasteiger charge is -2.25. The van der Waals surface area contributed by atoms with E-state index >= 15 is 0 Å². The van der Waals surface area contributed by atoms with Crippen molar-refractivity contribution in [2.45, 2.75) is 66.0 Å². The largest absolute Gasteiger partial charge is 0.504 e. The van der Waals surface area contributed by atoms with Crippen molar-refractivity contribution in [1.29, 1.82) is 0 Å². The Morgan fingerprint density at radius 1 is 1.14 bits per heavy atom. The summed E-state index contributed by atoms with van der Waals surface area (Å²) in [4.78, 5) is 10.3. The number of aryl methyl sites for hydroxylation is 1. The van der Waals surface area contributed by atoms with E-state index < -0.39 is 5.97 Å². The van der Waals surface area contributed by atoms with Crippen LogP contribution in [0.25, 0.3) is 0 Å². The number of phenolic OH excluding ortho intramolecular Hbond substituents is 1. The van der Waals surface area contributed by atoms with Crippen molar-refractivity contribution in [2.75, 3.05) is 20.3 Å². The lowest BCUT2D eigenvalue weighted by Crippen LogP contribution is -2.24. The first kappa shape index (κ1) is 30.2. The molecule has 0 saturated carbocycles. The van der Waals surface area contributed by atoms with Gasteiger partial charge in [-0.15, -0.1) is 6.58 Å². The third-order valence-corrected chi connectivity index (χ3v) is 5.76. The predicted octanol–water partition coefficient (Wildman–Crippen LogP) is 6.36. The highest BCUT2D eigenvalue weighted by Crippen LogP contribution is 2.27. The predicted molar refractivity (Wildman–Crippen MR) is 142 cm³/mol.